The highest BCUT2D eigenvalue weighted by Crippen LogP contribution is 2.44. The number of hydrogen-bond acceptors (Lipinski definition) is 2. The first-order valence-electron chi connectivity index (χ1n) is 4.18. The maximum Gasteiger partial charge on any atom is 0.312 e. The lowest BCUT2D eigenvalue weighted by Crippen LogP contribution is -2.38. The first-order chi connectivity index (χ1) is 5.65. The zero-order valence-electron chi connectivity index (χ0n) is 6.67. The van der Waals surface area contributed by atoms with Gasteiger partial charge in [-0.15, -0.1) is 0 Å². The number of carbonyl (C=O) groups is 2. The van der Waals surface area contributed by atoms with E-state index >= 15 is 0 Å². The summed E-state index contributed by atoms with van der Waals surface area (Å²) in [5.41, 5.74) is -0.767. The molecule has 0 spiro atoms. The van der Waals surface area contributed by atoms with Crippen LogP contribution in [0.5, 0.6) is 0 Å². The van der Waals surface area contributed by atoms with Crippen LogP contribution in [-0.2, 0) is 9.59 Å². The molecule has 0 bridgehead atoms. The van der Waals surface area contributed by atoms with Crippen LogP contribution >= 0.6 is 0 Å². The van der Waals surface area contributed by atoms with E-state index in [1.165, 1.54) is 0 Å². The number of amides is 1. The van der Waals surface area contributed by atoms with E-state index in [0.29, 0.717) is 6.42 Å². The zero-order chi connectivity index (χ0) is 8.77. The Bertz CT molecular complexity index is 251. The van der Waals surface area contributed by atoms with Crippen LogP contribution in [0.2, 0.25) is 0 Å². The minimum atomic E-state index is -0.816. The largest absolute Gasteiger partial charge is 0.481 e. The number of aliphatic carboxylic acids is 1. The van der Waals surface area contributed by atoms with Crippen molar-refractivity contribution in [1.82, 2.24) is 5.32 Å². The van der Waals surface area contributed by atoms with Gasteiger partial charge >= 0.3 is 5.97 Å². The highest BCUT2D eigenvalue weighted by molar-refractivity contribution is 5.90. The number of nitrogens with one attached hydrogen (secondary N) is 1. The Kier molecular flexibility index (Phi) is 1.40. The quantitative estimate of drug-likeness (QED) is 0.586. The molecule has 2 fully saturated rings. The fraction of sp³-hybridized carbons (Fsp3) is 0.750. The topological polar surface area (TPSA) is 66.4 Å². The van der Waals surface area contributed by atoms with Crippen LogP contribution in [0.1, 0.15) is 25.7 Å². The molecule has 0 aromatic carbocycles. The minimum absolute atomic E-state index is 0.109. The van der Waals surface area contributed by atoms with Crippen molar-refractivity contribution in [3.05, 3.63) is 0 Å². The molecule has 1 saturated heterocycles. The highest BCUT2D eigenvalue weighted by atomic mass is 16.4. The molecule has 0 aromatic rings. The summed E-state index contributed by atoms with van der Waals surface area (Å²) in [6, 6.07) is -0.109. The van der Waals surface area contributed by atoms with Gasteiger partial charge in [0.05, 0.1) is 5.41 Å². The van der Waals surface area contributed by atoms with Gasteiger partial charge in [0, 0.05) is 12.5 Å². The van der Waals surface area contributed by atoms with Gasteiger partial charge in [0.2, 0.25) is 5.91 Å². The van der Waals surface area contributed by atoms with Crippen molar-refractivity contribution >= 4 is 11.9 Å². The summed E-state index contributed by atoms with van der Waals surface area (Å²) in [6.45, 7) is 0. The molecule has 1 saturated carbocycles. The van der Waals surface area contributed by atoms with Crippen LogP contribution in [0.25, 0.3) is 0 Å². The van der Waals surface area contributed by atoms with Crippen LogP contribution in [0.15, 0.2) is 0 Å². The molecule has 2 atom stereocenters. The molecule has 1 aliphatic carbocycles. The summed E-state index contributed by atoms with van der Waals surface area (Å²) < 4.78 is 0. The Labute approximate surface area is 69.9 Å². The molecule has 12 heavy (non-hydrogen) atoms. The second-order valence-electron chi connectivity index (χ2n) is 3.65. The summed E-state index contributed by atoms with van der Waals surface area (Å²) in [6.07, 6.45) is 2.55. The van der Waals surface area contributed by atoms with E-state index in [1.807, 2.05) is 0 Å². The molecular weight excluding hydrogens is 158 g/mol. The number of carboxylic acids is 1. The van der Waals surface area contributed by atoms with Crippen molar-refractivity contribution < 1.29 is 14.7 Å². The number of fused-ring (bicyclic) bond motifs is 1. The van der Waals surface area contributed by atoms with Crippen LogP contribution in [0.3, 0.4) is 0 Å². The zero-order valence-corrected chi connectivity index (χ0v) is 6.67. The van der Waals surface area contributed by atoms with E-state index in [1.54, 1.807) is 0 Å². The summed E-state index contributed by atoms with van der Waals surface area (Å²) in [5.74, 6) is -0.926. The monoisotopic (exact) mass is 169 g/mol. The number of hydrogen-bond donors (Lipinski definition) is 2. The van der Waals surface area contributed by atoms with Crippen molar-refractivity contribution in [2.75, 3.05) is 0 Å². The molecule has 66 valence electrons. The normalized spacial score (nSPS) is 39.3. The molecule has 1 heterocycles. The standard InChI is InChI=1S/C8H11NO3/c10-6-4-8(7(11)12)3-1-2-5(8)9-6/h5H,1-4H2,(H,9,10)(H,11,12). The molecule has 4 heteroatoms. The lowest BCUT2D eigenvalue weighted by molar-refractivity contribution is -0.149. The molecule has 1 aliphatic heterocycles. The summed E-state index contributed by atoms with van der Waals surface area (Å²) in [4.78, 5) is 22.0. The Morgan fingerprint density at radius 3 is 3.00 bits per heavy atom. The van der Waals surface area contributed by atoms with Crippen molar-refractivity contribution in [2.24, 2.45) is 5.41 Å². The molecule has 2 unspecified atom stereocenters. The van der Waals surface area contributed by atoms with Crippen molar-refractivity contribution in [3.63, 3.8) is 0 Å². The Morgan fingerprint density at radius 2 is 2.42 bits per heavy atom. The van der Waals surface area contributed by atoms with Crippen LogP contribution < -0.4 is 5.32 Å². The third-order valence-electron chi connectivity index (χ3n) is 3.02. The summed E-state index contributed by atoms with van der Waals surface area (Å²) in [7, 11) is 0. The molecular formula is C8H11NO3. The van der Waals surface area contributed by atoms with Gasteiger partial charge in [0.1, 0.15) is 0 Å². The lowest BCUT2D eigenvalue weighted by atomic mass is 9.82. The summed E-state index contributed by atoms with van der Waals surface area (Å²) >= 11 is 0. The van der Waals surface area contributed by atoms with E-state index in [2.05, 4.69) is 5.32 Å². The number of rotatable bonds is 1. The number of carboxylic acid groups (broad SMARTS) is 1. The maximum absolute atomic E-state index is 11.0. The Morgan fingerprint density at radius 1 is 1.67 bits per heavy atom. The molecule has 0 aromatic heterocycles. The van der Waals surface area contributed by atoms with Gasteiger partial charge in [0.15, 0.2) is 0 Å². The fourth-order valence-corrected chi connectivity index (χ4v) is 2.36. The van der Waals surface area contributed by atoms with Gasteiger partial charge in [-0.3, -0.25) is 9.59 Å². The van der Waals surface area contributed by atoms with Gasteiger partial charge < -0.3 is 10.4 Å². The van der Waals surface area contributed by atoms with Gasteiger partial charge in [-0.25, -0.2) is 0 Å². The molecule has 2 aliphatic rings. The third-order valence-corrected chi connectivity index (χ3v) is 3.02. The molecule has 1 amide bonds. The van der Waals surface area contributed by atoms with Crippen LogP contribution in [0, 0.1) is 5.41 Å². The van der Waals surface area contributed by atoms with Gasteiger partial charge in [-0.1, -0.05) is 6.42 Å². The minimum Gasteiger partial charge on any atom is -0.481 e. The van der Waals surface area contributed by atoms with E-state index in [4.69, 9.17) is 5.11 Å². The Balaban J connectivity index is 2.32. The molecule has 2 N–H and O–H groups in total. The van der Waals surface area contributed by atoms with Gasteiger partial charge in [-0.05, 0) is 12.8 Å². The highest BCUT2D eigenvalue weighted by Gasteiger charge is 2.55. The average molecular weight is 169 g/mol. The van der Waals surface area contributed by atoms with Gasteiger partial charge in [-0.2, -0.15) is 0 Å². The maximum atomic E-state index is 11.0. The van der Waals surface area contributed by atoms with Crippen molar-refractivity contribution in [3.8, 4) is 0 Å². The second kappa shape index (κ2) is 2.21. The molecule has 4 nitrogen and oxygen atoms in total. The molecule has 2 rings (SSSR count). The average Bonchev–Trinajstić information content (AvgIpc) is 2.42. The first-order valence-corrected chi connectivity index (χ1v) is 4.18. The van der Waals surface area contributed by atoms with E-state index in [9.17, 15) is 9.59 Å². The van der Waals surface area contributed by atoms with E-state index < -0.39 is 11.4 Å². The van der Waals surface area contributed by atoms with Crippen LogP contribution in [0.4, 0.5) is 0 Å². The second-order valence-corrected chi connectivity index (χ2v) is 3.65. The van der Waals surface area contributed by atoms with E-state index in [0.717, 1.165) is 12.8 Å². The SMILES string of the molecule is O=C1CC2(C(=O)O)CCCC2N1. The van der Waals surface area contributed by atoms with Gasteiger partial charge in [0.25, 0.3) is 0 Å². The van der Waals surface area contributed by atoms with Crippen molar-refractivity contribution in [1.29, 1.82) is 0 Å². The summed E-state index contributed by atoms with van der Waals surface area (Å²) in [5, 5.41) is 11.7. The van der Waals surface area contributed by atoms with Crippen molar-refractivity contribution in [2.45, 2.75) is 31.7 Å². The Hall–Kier alpha value is -1.06. The lowest BCUT2D eigenvalue weighted by Gasteiger charge is -2.21. The molecule has 0 radical (unpaired) electrons. The predicted molar refractivity (Wildman–Crippen MR) is 40.5 cm³/mol. The fourth-order valence-electron chi connectivity index (χ4n) is 2.36. The van der Waals surface area contributed by atoms with E-state index in [-0.39, 0.29) is 18.4 Å². The number of carbonyl (C=O) groups excluding carboxylic acids is 1. The first kappa shape index (κ1) is 7.58. The third kappa shape index (κ3) is 0.777. The smallest absolute Gasteiger partial charge is 0.312 e. The van der Waals surface area contributed by atoms with Crippen LogP contribution in [-0.4, -0.2) is 23.0 Å². The predicted octanol–water partition coefficient (Wildman–Crippen LogP) is 0.130.